The molecule has 0 aliphatic carbocycles. The smallest absolute Gasteiger partial charge is 0.122 e. The lowest BCUT2D eigenvalue weighted by Gasteiger charge is -2.19. The Balaban J connectivity index is 1.81. The van der Waals surface area contributed by atoms with E-state index in [1.54, 1.807) is 0 Å². The molecule has 1 aromatic rings. The maximum absolute atomic E-state index is 5.57. The zero-order valence-corrected chi connectivity index (χ0v) is 9.27. The molecule has 1 fully saturated rings. The summed E-state index contributed by atoms with van der Waals surface area (Å²) in [4.78, 5) is 2.20. The van der Waals surface area contributed by atoms with Crippen molar-refractivity contribution >= 4 is 0 Å². The van der Waals surface area contributed by atoms with Crippen molar-refractivity contribution < 1.29 is 9.37 Å². The topological polar surface area (TPSA) is 51.4 Å². The van der Waals surface area contributed by atoms with E-state index in [9.17, 15) is 0 Å². The van der Waals surface area contributed by atoms with E-state index in [1.807, 2.05) is 6.92 Å². The normalized spacial score (nSPS) is 21.4. The van der Waals surface area contributed by atoms with Gasteiger partial charge in [-0.25, -0.2) is 4.63 Å². The lowest BCUT2D eigenvalue weighted by atomic mass is 10.2. The summed E-state index contributed by atoms with van der Waals surface area (Å²) in [5, 5.41) is 7.62. The molecule has 0 saturated carbocycles. The SMILES string of the molecule is Cc1nonc1CN(C)C[C@@H]1CCCO1. The van der Waals surface area contributed by atoms with Crippen LogP contribution in [0.25, 0.3) is 0 Å². The Morgan fingerprint density at radius 2 is 2.33 bits per heavy atom. The highest BCUT2D eigenvalue weighted by molar-refractivity contribution is 5.03. The van der Waals surface area contributed by atoms with Crippen molar-refractivity contribution in [1.29, 1.82) is 0 Å². The van der Waals surface area contributed by atoms with E-state index in [0.717, 1.165) is 31.1 Å². The summed E-state index contributed by atoms with van der Waals surface area (Å²) in [5.41, 5.74) is 1.78. The first-order chi connectivity index (χ1) is 7.25. The first-order valence-electron chi connectivity index (χ1n) is 5.34. The van der Waals surface area contributed by atoms with E-state index in [-0.39, 0.29) is 0 Å². The van der Waals surface area contributed by atoms with E-state index >= 15 is 0 Å². The van der Waals surface area contributed by atoms with Crippen LogP contribution < -0.4 is 0 Å². The minimum atomic E-state index is 0.384. The van der Waals surface area contributed by atoms with Gasteiger partial charge in [-0.05, 0) is 26.8 Å². The van der Waals surface area contributed by atoms with Crippen molar-refractivity contribution in [1.82, 2.24) is 15.2 Å². The van der Waals surface area contributed by atoms with Crippen LogP contribution in [0.15, 0.2) is 4.63 Å². The maximum Gasteiger partial charge on any atom is 0.122 e. The van der Waals surface area contributed by atoms with E-state index in [4.69, 9.17) is 4.74 Å². The van der Waals surface area contributed by atoms with Crippen LogP contribution in [0.2, 0.25) is 0 Å². The number of rotatable bonds is 4. The second-order valence-corrected chi connectivity index (χ2v) is 4.13. The molecule has 5 heteroatoms. The van der Waals surface area contributed by atoms with Gasteiger partial charge in [0.25, 0.3) is 0 Å². The Labute approximate surface area is 89.4 Å². The zero-order valence-electron chi connectivity index (χ0n) is 9.27. The fraction of sp³-hybridized carbons (Fsp3) is 0.800. The van der Waals surface area contributed by atoms with Crippen LogP contribution in [0, 0.1) is 6.92 Å². The van der Waals surface area contributed by atoms with E-state index in [0.29, 0.717) is 6.10 Å². The fourth-order valence-corrected chi connectivity index (χ4v) is 1.85. The van der Waals surface area contributed by atoms with Gasteiger partial charge < -0.3 is 4.74 Å². The van der Waals surface area contributed by atoms with Gasteiger partial charge in [0.15, 0.2) is 0 Å². The van der Waals surface area contributed by atoms with Gasteiger partial charge in [0.05, 0.1) is 6.10 Å². The van der Waals surface area contributed by atoms with Crippen molar-refractivity contribution in [2.24, 2.45) is 0 Å². The molecule has 0 spiro atoms. The van der Waals surface area contributed by atoms with Gasteiger partial charge in [-0.2, -0.15) is 0 Å². The lowest BCUT2D eigenvalue weighted by Crippen LogP contribution is -2.28. The minimum absolute atomic E-state index is 0.384. The van der Waals surface area contributed by atoms with Crippen LogP contribution in [-0.2, 0) is 11.3 Å². The summed E-state index contributed by atoms with van der Waals surface area (Å²) >= 11 is 0. The summed E-state index contributed by atoms with van der Waals surface area (Å²) in [7, 11) is 2.07. The highest BCUT2D eigenvalue weighted by Crippen LogP contribution is 2.14. The number of likely N-dealkylation sites (N-methyl/N-ethyl adjacent to an activating group) is 1. The summed E-state index contributed by atoms with van der Waals surface area (Å²) in [6, 6.07) is 0. The van der Waals surface area contributed by atoms with Crippen molar-refractivity contribution in [3.63, 3.8) is 0 Å². The second kappa shape index (κ2) is 4.72. The van der Waals surface area contributed by atoms with Crippen LogP contribution >= 0.6 is 0 Å². The van der Waals surface area contributed by atoms with Gasteiger partial charge in [0.1, 0.15) is 11.4 Å². The molecule has 1 atom stereocenters. The highest BCUT2D eigenvalue weighted by atomic mass is 16.6. The van der Waals surface area contributed by atoms with Crippen molar-refractivity contribution in [2.45, 2.75) is 32.4 Å². The first-order valence-corrected chi connectivity index (χ1v) is 5.34. The van der Waals surface area contributed by atoms with Crippen LogP contribution in [0.1, 0.15) is 24.2 Å². The standard InChI is InChI=1S/C10H17N3O2/c1-8-10(12-15-11-8)7-13(2)6-9-4-3-5-14-9/h9H,3-7H2,1-2H3/t9-/m0/s1. The molecule has 0 amide bonds. The third-order valence-corrected chi connectivity index (χ3v) is 2.71. The number of aryl methyl sites for hydroxylation is 1. The molecule has 2 rings (SSSR count). The highest BCUT2D eigenvalue weighted by Gasteiger charge is 2.18. The Bertz CT molecular complexity index is 307. The Kier molecular flexibility index (Phi) is 3.33. The first kappa shape index (κ1) is 10.6. The average molecular weight is 211 g/mol. The molecule has 1 aliphatic heterocycles. The van der Waals surface area contributed by atoms with Crippen LogP contribution in [0.5, 0.6) is 0 Å². The van der Waals surface area contributed by atoms with Gasteiger partial charge in [-0.1, -0.05) is 10.3 Å². The number of hydrogen-bond acceptors (Lipinski definition) is 5. The van der Waals surface area contributed by atoms with Gasteiger partial charge in [0.2, 0.25) is 0 Å². The monoisotopic (exact) mass is 211 g/mol. The molecule has 0 N–H and O–H groups in total. The minimum Gasteiger partial charge on any atom is -0.377 e. The van der Waals surface area contributed by atoms with E-state index in [1.165, 1.54) is 12.8 Å². The van der Waals surface area contributed by atoms with Crippen LogP contribution in [0.4, 0.5) is 0 Å². The molecule has 0 unspecified atom stereocenters. The van der Waals surface area contributed by atoms with Crippen molar-refractivity contribution in [3.05, 3.63) is 11.4 Å². The quantitative estimate of drug-likeness (QED) is 0.743. The largest absolute Gasteiger partial charge is 0.377 e. The lowest BCUT2D eigenvalue weighted by molar-refractivity contribution is 0.0786. The van der Waals surface area contributed by atoms with Crippen molar-refractivity contribution in [2.75, 3.05) is 20.2 Å². The summed E-state index contributed by atoms with van der Waals surface area (Å²) in [6.45, 7) is 4.54. The predicted octanol–water partition coefficient (Wildman–Crippen LogP) is 0.989. The van der Waals surface area contributed by atoms with E-state index in [2.05, 4.69) is 26.9 Å². The summed E-state index contributed by atoms with van der Waals surface area (Å²) < 4.78 is 10.2. The Morgan fingerprint density at radius 3 is 2.93 bits per heavy atom. The summed E-state index contributed by atoms with van der Waals surface area (Å²) in [5.74, 6) is 0. The number of hydrogen-bond donors (Lipinski definition) is 0. The van der Waals surface area contributed by atoms with Gasteiger partial charge in [-0.15, -0.1) is 0 Å². The molecule has 84 valence electrons. The third kappa shape index (κ3) is 2.76. The molecule has 1 aromatic heterocycles. The third-order valence-electron chi connectivity index (χ3n) is 2.71. The number of ether oxygens (including phenoxy) is 1. The molecule has 0 aromatic carbocycles. The predicted molar refractivity (Wildman–Crippen MR) is 54.3 cm³/mol. The van der Waals surface area contributed by atoms with E-state index < -0.39 is 0 Å². The molecule has 2 heterocycles. The Morgan fingerprint density at radius 1 is 1.47 bits per heavy atom. The summed E-state index contributed by atoms with van der Waals surface area (Å²) in [6.07, 6.45) is 2.74. The molecular weight excluding hydrogens is 194 g/mol. The average Bonchev–Trinajstić information content (AvgIpc) is 2.79. The number of aromatic nitrogens is 2. The molecule has 1 aliphatic rings. The number of nitrogens with zero attached hydrogens (tertiary/aromatic N) is 3. The van der Waals surface area contributed by atoms with Crippen molar-refractivity contribution in [3.8, 4) is 0 Å². The molecular formula is C10H17N3O2. The molecule has 15 heavy (non-hydrogen) atoms. The second-order valence-electron chi connectivity index (χ2n) is 4.13. The molecule has 1 saturated heterocycles. The Hall–Kier alpha value is -0.940. The zero-order chi connectivity index (χ0) is 10.7. The van der Waals surface area contributed by atoms with Crippen LogP contribution in [-0.4, -0.2) is 41.5 Å². The van der Waals surface area contributed by atoms with Crippen LogP contribution in [0.3, 0.4) is 0 Å². The molecule has 5 nitrogen and oxygen atoms in total. The molecule has 0 radical (unpaired) electrons. The fourth-order valence-electron chi connectivity index (χ4n) is 1.85. The molecule has 0 bridgehead atoms. The van der Waals surface area contributed by atoms with Gasteiger partial charge in [-0.3, -0.25) is 4.90 Å². The van der Waals surface area contributed by atoms with Gasteiger partial charge in [0, 0.05) is 19.7 Å². The van der Waals surface area contributed by atoms with Gasteiger partial charge >= 0.3 is 0 Å². The maximum atomic E-state index is 5.57.